The highest BCUT2D eigenvalue weighted by Gasteiger charge is 1.95. The Morgan fingerprint density at radius 1 is 1.64 bits per heavy atom. The lowest BCUT2D eigenvalue weighted by Gasteiger charge is -2.00. The molecule has 0 saturated carbocycles. The molecule has 0 aliphatic rings. The summed E-state index contributed by atoms with van der Waals surface area (Å²) in [4.78, 5) is 11.0. The van der Waals surface area contributed by atoms with Crippen LogP contribution in [0.25, 0.3) is 0 Å². The minimum Gasteiger partial charge on any atom is -0.268 e. The predicted octanol–water partition coefficient (Wildman–Crippen LogP) is 1.16. The van der Waals surface area contributed by atoms with E-state index >= 15 is 0 Å². The molecule has 0 spiro atoms. The Morgan fingerprint density at radius 2 is 2.36 bits per heavy atom. The van der Waals surface area contributed by atoms with Crippen molar-refractivity contribution in [3.63, 3.8) is 0 Å². The van der Waals surface area contributed by atoms with Crippen LogP contribution in [0.4, 0.5) is 0 Å². The number of nitrogens with zero attached hydrogens (tertiary/aromatic N) is 2. The molecular weight excluding hydrogens is 208 g/mol. The van der Waals surface area contributed by atoms with E-state index in [0.29, 0.717) is 11.9 Å². The average Bonchev–Trinajstić information content (AvgIpc) is 2.05. The van der Waals surface area contributed by atoms with Crippen LogP contribution in [-0.4, -0.2) is 9.78 Å². The first-order valence-electron chi connectivity index (χ1n) is 3.41. The standard InChI is InChI=1S/C7H9BrN2O/c1-2-10-7(11)4-3-6(5-8)9-10/h3-4H,2,5H2,1H3. The van der Waals surface area contributed by atoms with Crippen molar-refractivity contribution >= 4 is 15.9 Å². The first-order chi connectivity index (χ1) is 5.27. The van der Waals surface area contributed by atoms with Gasteiger partial charge in [0, 0.05) is 17.9 Å². The molecule has 3 nitrogen and oxygen atoms in total. The minimum atomic E-state index is -0.0443. The summed E-state index contributed by atoms with van der Waals surface area (Å²) < 4.78 is 1.44. The fraction of sp³-hybridized carbons (Fsp3) is 0.429. The van der Waals surface area contributed by atoms with Gasteiger partial charge in [0.25, 0.3) is 5.56 Å². The average molecular weight is 217 g/mol. The van der Waals surface area contributed by atoms with Gasteiger partial charge < -0.3 is 0 Å². The molecule has 1 heterocycles. The molecule has 1 aromatic heterocycles. The number of rotatable bonds is 2. The van der Waals surface area contributed by atoms with E-state index in [4.69, 9.17) is 0 Å². The van der Waals surface area contributed by atoms with Gasteiger partial charge in [-0.05, 0) is 13.0 Å². The van der Waals surface area contributed by atoms with Gasteiger partial charge in [0.1, 0.15) is 0 Å². The molecule has 0 bridgehead atoms. The fourth-order valence-electron chi connectivity index (χ4n) is 0.789. The predicted molar refractivity (Wildman–Crippen MR) is 46.8 cm³/mol. The summed E-state index contributed by atoms with van der Waals surface area (Å²) in [5, 5.41) is 4.75. The van der Waals surface area contributed by atoms with E-state index in [2.05, 4.69) is 21.0 Å². The van der Waals surface area contributed by atoms with Gasteiger partial charge in [0.2, 0.25) is 0 Å². The third-order valence-electron chi connectivity index (χ3n) is 1.36. The summed E-state index contributed by atoms with van der Waals surface area (Å²) in [6, 6.07) is 3.26. The maximum Gasteiger partial charge on any atom is 0.266 e. The van der Waals surface area contributed by atoms with E-state index < -0.39 is 0 Å². The largest absolute Gasteiger partial charge is 0.268 e. The molecule has 0 aromatic carbocycles. The zero-order chi connectivity index (χ0) is 8.27. The lowest BCUT2D eigenvalue weighted by molar-refractivity contribution is 0.605. The Bertz CT molecular complexity index is 295. The summed E-state index contributed by atoms with van der Waals surface area (Å²) >= 11 is 3.27. The maximum atomic E-state index is 11.0. The molecule has 1 aromatic rings. The van der Waals surface area contributed by atoms with Gasteiger partial charge in [-0.2, -0.15) is 5.10 Å². The van der Waals surface area contributed by atoms with Crippen LogP contribution in [0.15, 0.2) is 16.9 Å². The summed E-state index contributed by atoms with van der Waals surface area (Å²) in [7, 11) is 0. The van der Waals surface area contributed by atoms with E-state index in [9.17, 15) is 4.79 Å². The monoisotopic (exact) mass is 216 g/mol. The summed E-state index contributed by atoms with van der Waals surface area (Å²) in [6.07, 6.45) is 0. The van der Waals surface area contributed by atoms with Gasteiger partial charge in [-0.25, -0.2) is 4.68 Å². The van der Waals surface area contributed by atoms with Gasteiger partial charge in [-0.3, -0.25) is 4.79 Å². The molecule has 0 unspecified atom stereocenters. The van der Waals surface area contributed by atoms with Gasteiger partial charge in [-0.1, -0.05) is 15.9 Å². The van der Waals surface area contributed by atoms with Crippen LogP contribution in [-0.2, 0) is 11.9 Å². The molecule has 0 aliphatic carbocycles. The SMILES string of the molecule is CCn1nc(CBr)ccc1=O. The highest BCUT2D eigenvalue weighted by molar-refractivity contribution is 9.08. The highest BCUT2D eigenvalue weighted by Crippen LogP contribution is 1.96. The number of halogens is 1. The molecule has 0 aliphatic heterocycles. The van der Waals surface area contributed by atoms with Crippen LogP contribution in [0.2, 0.25) is 0 Å². The van der Waals surface area contributed by atoms with E-state index in [-0.39, 0.29) is 5.56 Å². The van der Waals surface area contributed by atoms with Crippen molar-refractivity contribution in [2.45, 2.75) is 18.8 Å². The molecule has 0 fully saturated rings. The normalized spacial score (nSPS) is 10.0. The van der Waals surface area contributed by atoms with E-state index in [1.807, 2.05) is 6.92 Å². The molecule has 11 heavy (non-hydrogen) atoms. The number of hydrogen-bond donors (Lipinski definition) is 0. The zero-order valence-corrected chi connectivity index (χ0v) is 7.84. The molecule has 0 radical (unpaired) electrons. The number of aryl methyl sites for hydroxylation is 1. The Balaban J connectivity index is 3.13. The molecule has 60 valence electrons. The third-order valence-corrected chi connectivity index (χ3v) is 1.93. The Morgan fingerprint density at radius 3 is 2.91 bits per heavy atom. The van der Waals surface area contributed by atoms with Gasteiger partial charge in [-0.15, -0.1) is 0 Å². The number of hydrogen-bond acceptors (Lipinski definition) is 2. The topological polar surface area (TPSA) is 34.9 Å². The van der Waals surface area contributed by atoms with Crippen LogP contribution < -0.4 is 5.56 Å². The van der Waals surface area contributed by atoms with Crippen molar-refractivity contribution in [1.82, 2.24) is 9.78 Å². The van der Waals surface area contributed by atoms with Crippen LogP contribution in [0.1, 0.15) is 12.6 Å². The van der Waals surface area contributed by atoms with Gasteiger partial charge in [0.15, 0.2) is 0 Å². The van der Waals surface area contributed by atoms with Gasteiger partial charge >= 0.3 is 0 Å². The van der Waals surface area contributed by atoms with Crippen LogP contribution in [0.3, 0.4) is 0 Å². The number of aromatic nitrogens is 2. The lowest BCUT2D eigenvalue weighted by Crippen LogP contribution is -2.21. The first-order valence-corrected chi connectivity index (χ1v) is 4.53. The Labute approximate surface area is 73.2 Å². The molecule has 1 rings (SSSR count). The van der Waals surface area contributed by atoms with Crippen molar-refractivity contribution in [3.05, 3.63) is 28.2 Å². The third kappa shape index (κ3) is 1.89. The highest BCUT2D eigenvalue weighted by atomic mass is 79.9. The Hall–Kier alpha value is -0.640. The van der Waals surface area contributed by atoms with E-state index in [1.54, 1.807) is 6.07 Å². The lowest BCUT2D eigenvalue weighted by atomic mass is 10.4. The van der Waals surface area contributed by atoms with Crippen molar-refractivity contribution in [2.75, 3.05) is 0 Å². The van der Waals surface area contributed by atoms with Crippen molar-refractivity contribution < 1.29 is 0 Å². The second kappa shape index (κ2) is 3.67. The maximum absolute atomic E-state index is 11.0. The summed E-state index contributed by atoms with van der Waals surface area (Å²) in [6.45, 7) is 2.52. The van der Waals surface area contributed by atoms with Crippen LogP contribution in [0.5, 0.6) is 0 Å². The van der Waals surface area contributed by atoms with Crippen molar-refractivity contribution in [3.8, 4) is 0 Å². The minimum absolute atomic E-state index is 0.0443. The molecular formula is C7H9BrN2O. The van der Waals surface area contributed by atoms with Crippen molar-refractivity contribution in [1.29, 1.82) is 0 Å². The van der Waals surface area contributed by atoms with Crippen LogP contribution >= 0.6 is 15.9 Å². The molecule has 0 N–H and O–H groups in total. The smallest absolute Gasteiger partial charge is 0.266 e. The molecule has 4 heteroatoms. The second-order valence-corrected chi connectivity index (χ2v) is 2.67. The van der Waals surface area contributed by atoms with E-state index in [0.717, 1.165) is 5.69 Å². The zero-order valence-electron chi connectivity index (χ0n) is 6.25. The van der Waals surface area contributed by atoms with Crippen molar-refractivity contribution in [2.24, 2.45) is 0 Å². The summed E-state index contributed by atoms with van der Waals surface area (Å²) in [5.41, 5.74) is 0.837. The quantitative estimate of drug-likeness (QED) is 0.696. The van der Waals surface area contributed by atoms with E-state index in [1.165, 1.54) is 10.7 Å². The first kappa shape index (κ1) is 8.46. The number of alkyl halides is 1. The Kier molecular flexibility index (Phi) is 2.82. The fourth-order valence-corrected chi connectivity index (χ4v) is 1.09. The molecule has 0 amide bonds. The van der Waals surface area contributed by atoms with Crippen LogP contribution in [0, 0.1) is 0 Å². The summed E-state index contributed by atoms with van der Waals surface area (Å²) in [5.74, 6) is 0. The molecule has 0 atom stereocenters. The van der Waals surface area contributed by atoms with Gasteiger partial charge in [0.05, 0.1) is 5.69 Å². The molecule has 0 saturated heterocycles. The second-order valence-electron chi connectivity index (χ2n) is 2.11.